The van der Waals surface area contributed by atoms with Crippen LogP contribution < -0.4 is 5.32 Å². The molecule has 25 heavy (non-hydrogen) atoms. The summed E-state index contributed by atoms with van der Waals surface area (Å²) in [5.41, 5.74) is 3.88. The van der Waals surface area contributed by atoms with E-state index in [-0.39, 0.29) is 10.8 Å². The van der Waals surface area contributed by atoms with E-state index in [1.807, 2.05) is 7.05 Å². The number of nitrogens with zero attached hydrogens (tertiary/aromatic N) is 1. The molecule has 0 aliphatic heterocycles. The van der Waals surface area contributed by atoms with Crippen molar-refractivity contribution < 1.29 is 5.11 Å². The number of aromatic nitrogens is 1. The fourth-order valence-corrected chi connectivity index (χ4v) is 3.93. The van der Waals surface area contributed by atoms with Crippen molar-refractivity contribution in [1.82, 2.24) is 10.3 Å². The van der Waals surface area contributed by atoms with Gasteiger partial charge in [0.2, 0.25) is 0 Å². The number of likely N-dealkylation sites (N-methyl/N-ethyl adjacent to an activating group) is 1. The Bertz CT molecular complexity index is 713. The van der Waals surface area contributed by atoms with Gasteiger partial charge in [-0.25, -0.2) is 4.98 Å². The topological polar surface area (TPSA) is 45.2 Å². The monoisotopic (exact) mass is 360 g/mol. The number of thiazole rings is 1. The zero-order chi connectivity index (χ0) is 19.0. The second kappa shape index (κ2) is 7.08. The van der Waals surface area contributed by atoms with Crippen molar-refractivity contribution in [3.05, 3.63) is 33.1 Å². The number of aryl methyl sites for hydroxylation is 1. The van der Waals surface area contributed by atoms with E-state index < -0.39 is 0 Å². The van der Waals surface area contributed by atoms with Crippen LogP contribution in [0, 0.1) is 6.92 Å². The van der Waals surface area contributed by atoms with E-state index in [9.17, 15) is 5.11 Å². The van der Waals surface area contributed by atoms with E-state index in [4.69, 9.17) is 4.98 Å². The smallest absolute Gasteiger partial charge is 0.123 e. The van der Waals surface area contributed by atoms with Gasteiger partial charge in [0.1, 0.15) is 5.75 Å². The van der Waals surface area contributed by atoms with E-state index in [0.717, 1.165) is 40.4 Å². The molecule has 0 aliphatic carbocycles. The molecular formula is C21H32N2OS. The van der Waals surface area contributed by atoms with E-state index in [1.54, 1.807) is 11.3 Å². The number of hydrogen-bond donors (Lipinski definition) is 2. The van der Waals surface area contributed by atoms with E-state index in [0.29, 0.717) is 5.75 Å². The van der Waals surface area contributed by atoms with Gasteiger partial charge in [0.05, 0.1) is 10.7 Å². The molecule has 0 aliphatic rings. The van der Waals surface area contributed by atoms with Crippen molar-refractivity contribution in [2.24, 2.45) is 0 Å². The highest BCUT2D eigenvalue weighted by molar-refractivity contribution is 7.12. The molecule has 2 rings (SSSR count). The second-order valence-electron chi connectivity index (χ2n) is 8.79. The predicted octanol–water partition coefficient (Wildman–Crippen LogP) is 5.18. The summed E-state index contributed by atoms with van der Waals surface area (Å²) >= 11 is 1.77. The summed E-state index contributed by atoms with van der Waals surface area (Å²) in [5.74, 6) is 0.423. The zero-order valence-corrected chi connectivity index (χ0v) is 17.7. The van der Waals surface area contributed by atoms with Gasteiger partial charge < -0.3 is 10.4 Å². The summed E-state index contributed by atoms with van der Waals surface area (Å²) in [4.78, 5) is 6.12. The average molecular weight is 361 g/mol. The molecule has 0 amide bonds. The molecule has 0 radical (unpaired) electrons. The molecule has 1 aromatic carbocycles. The summed E-state index contributed by atoms with van der Waals surface area (Å²) < 4.78 is 0. The highest BCUT2D eigenvalue weighted by Gasteiger charge is 2.27. The summed E-state index contributed by atoms with van der Waals surface area (Å²) in [6.07, 6.45) is 0.943. The molecule has 0 fully saturated rings. The number of phenolic OH excluding ortho intramolecular Hbond substituents is 1. The van der Waals surface area contributed by atoms with Gasteiger partial charge in [-0.3, -0.25) is 0 Å². The summed E-state index contributed by atoms with van der Waals surface area (Å²) in [6.45, 7) is 15.9. The molecule has 1 heterocycles. The normalized spacial score (nSPS) is 12.6. The summed E-state index contributed by atoms with van der Waals surface area (Å²) in [6, 6.07) is 4.24. The zero-order valence-electron chi connectivity index (χ0n) is 16.9. The molecule has 0 atom stereocenters. The summed E-state index contributed by atoms with van der Waals surface area (Å²) in [5, 5.41) is 15.2. The molecule has 1 aromatic heterocycles. The SMILES string of the molecule is CNCCc1nc(-c2cc(C(C)(C)C)c(O)c(C(C)(C)C)c2)c(C)s1. The molecular weight excluding hydrogens is 328 g/mol. The van der Waals surface area contributed by atoms with Crippen LogP contribution in [-0.4, -0.2) is 23.7 Å². The van der Waals surface area contributed by atoms with Crippen LogP contribution in [0.4, 0.5) is 0 Å². The lowest BCUT2D eigenvalue weighted by molar-refractivity contribution is 0.423. The van der Waals surface area contributed by atoms with Crippen LogP contribution in [0.2, 0.25) is 0 Å². The second-order valence-corrected chi connectivity index (χ2v) is 10.1. The van der Waals surface area contributed by atoms with Crippen LogP contribution in [0.25, 0.3) is 11.3 Å². The number of hydrogen-bond acceptors (Lipinski definition) is 4. The van der Waals surface area contributed by atoms with Gasteiger partial charge in [0.15, 0.2) is 0 Å². The third-order valence-corrected chi connectivity index (χ3v) is 5.46. The highest BCUT2D eigenvalue weighted by Crippen LogP contribution is 2.42. The standard InChI is InChI=1S/C21H32N2OS/c1-13-18(23-17(25-13)9-10-22-8)14-11-15(20(2,3)4)19(24)16(12-14)21(5,6)7/h11-12,22,24H,9-10H2,1-8H3. The number of aromatic hydroxyl groups is 1. The van der Waals surface area contributed by atoms with Gasteiger partial charge in [-0.1, -0.05) is 41.5 Å². The average Bonchev–Trinajstić information content (AvgIpc) is 2.84. The third kappa shape index (κ3) is 4.42. The molecule has 2 N–H and O–H groups in total. The lowest BCUT2D eigenvalue weighted by Crippen LogP contribution is -2.17. The fraction of sp³-hybridized carbons (Fsp3) is 0.571. The molecule has 4 heteroatoms. The van der Waals surface area contributed by atoms with E-state index in [1.165, 1.54) is 4.88 Å². The van der Waals surface area contributed by atoms with Crippen LogP contribution in [0.1, 0.15) is 62.6 Å². The maximum Gasteiger partial charge on any atom is 0.123 e. The van der Waals surface area contributed by atoms with Gasteiger partial charge >= 0.3 is 0 Å². The molecule has 0 unspecified atom stereocenters. The molecule has 3 nitrogen and oxygen atoms in total. The maximum absolute atomic E-state index is 10.9. The minimum absolute atomic E-state index is 0.126. The number of rotatable bonds is 4. The van der Waals surface area contributed by atoms with Crippen molar-refractivity contribution in [2.45, 2.75) is 65.7 Å². The number of phenols is 1. The van der Waals surface area contributed by atoms with Crippen molar-refractivity contribution in [3.63, 3.8) is 0 Å². The van der Waals surface area contributed by atoms with Gasteiger partial charge in [0.25, 0.3) is 0 Å². The molecule has 0 bridgehead atoms. The predicted molar refractivity (Wildman–Crippen MR) is 109 cm³/mol. The highest BCUT2D eigenvalue weighted by atomic mass is 32.1. The lowest BCUT2D eigenvalue weighted by atomic mass is 9.78. The van der Waals surface area contributed by atoms with E-state index in [2.05, 4.69) is 65.9 Å². The first-order chi connectivity index (χ1) is 11.4. The van der Waals surface area contributed by atoms with Crippen molar-refractivity contribution in [3.8, 4) is 17.0 Å². The number of nitrogens with one attached hydrogen (secondary N) is 1. The van der Waals surface area contributed by atoms with Gasteiger partial charge in [0, 0.05) is 34.5 Å². The molecule has 2 aromatic rings. The Morgan fingerprint density at radius 2 is 1.56 bits per heavy atom. The van der Waals surface area contributed by atoms with Crippen LogP contribution in [0.3, 0.4) is 0 Å². The first-order valence-electron chi connectivity index (χ1n) is 8.94. The summed E-state index contributed by atoms with van der Waals surface area (Å²) in [7, 11) is 1.96. The Morgan fingerprint density at radius 3 is 2.00 bits per heavy atom. The van der Waals surface area contributed by atoms with Gasteiger partial charge in [-0.05, 0) is 36.9 Å². The van der Waals surface area contributed by atoms with E-state index >= 15 is 0 Å². The quantitative estimate of drug-likeness (QED) is 0.789. The Balaban J connectivity index is 2.64. The largest absolute Gasteiger partial charge is 0.507 e. The molecule has 138 valence electrons. The Labute approximate surface area is 156 Å². The van der Waals surface area contributed by atoms with Crippen LogP contribution in [0.15, 0.2) is 12.1 Å². The third-order valence-electron chi connectivity index (χ3n) is 4.43. The maximum atomic E-state index is 10.9. The van der Waals surface area contributed by atoms with Crippen LogP contribution in [-0.2, 0) is 17.3 Å². The molecule has 0 saturated heterocycles. The Hall–Kier alpha value is -1.39. The van der Waals surface area contributed by atoms with Gasteiger partial charge in [-0.15, -0.1) is 11.3 Å². The van der Waals surface area contributed by atoms with Gasteiger partial charge in [-0.2, -0.15) is 0 Å². The lowest BCUT2D eigenvalue weighted by Gasteiger charge is -2.28. The molecule has 0 saturated carbocycles. The Morgan fingerprint density at radius 1 is 1.04 bits per heavy atom. The van der Waals surface area contributed by atoms with Crippen molar-refractivity contribution in [1.29, 1.82) is 0 Å². The number of benzene rings is 1. The first-order valence-corrected chi connectivity index (χ1v) is 9.76. The minimum Gasteiger partial charge on any atom is -0.507 e. The van der Waals surface area contributed by atoms with Crippen LogP contribution in [0.5, 0.6) is 5.75 Å². The van der Waals surface area contributed by atoms with Crippen molar-refractivity contribution in [2.75, 3.05) is 13.6 Å². The Kier molecular flexibility index (Phi) is 5.65. The van der Waals surface area contributed by atoms with Crippen molar-refractivity contribution >= 4 is 11.3 Å². The molecule has 0 spiro atoms. The fourth-order valence-electron chi connectivity index (χ4n) is 2.97. The van der Waals surface area contributed by atoms with Crippen LogP contribution >= 0.6 is 11.3 Å². The first kappa shape index (κ1) is 19.9. The minimum atomic E-state index is -0.126.